The lowest BCUT2D eigenvalue weighted by atomic mass is 9.74. The molecule has 2 saturated heterocycles. The van der Waals surface area contributed by atoms with Gasteiger partial charge in [-0.3, -0.25) is 4.79 Å². The van der Waals surface area contributed by atoms with Crippen LogP contribution in [0.1, 0.15) is 43.7 Å². The third-order valence-electron chi connectivity index (χ3n) is 5.36. The minimum atomic E-state index is -0.537. The van der Waals surface area contributed by atoms with Crippen LogP contribution in [0.25, 0.3) is 0 Å². The zero-order valence-corrected chi connectivity index (χ0v) is 15.9. The highest BCUT2D eigenvalue weighted by Crippen LogP contribution is 2.42. The number of nitrogens with zero attached hydrogens (tertiary/aromatic N) is 2. The van der Waals surface area contributed by atoms with Crippen LogP contribution in [-0.4, -0.2) is 47.8 Å². The van der Waals surface area contributed by atoms with Crippen molar-refractivity contribution in [2.45, 2.75) is 44.7 Å². The molecule has 0 saturated carbocycles. The summed E-state index contributed by atoms with van der Waals surface area (Å²) in [5.41, 5.74) is 1.89. The molecule has 3 rings (SSSR count). The number of carbonyl (C=O) groups is 1. The van der Waals surface area contributed by atoms with Crippen LogP contribution in [0.2, 0.25) is 0 Å². The molecule has 1 amide bonds. The van der Waals surface area contributed by atoms with Gasteiger partial charge in [-0.25, -0.2) is 0 Å². The van der Waals surface area contributed by atoms with Crippen molar-refractivity contribution in [3.05, 3.63) is 35.4 Å². The number of aliphatic hydroxyl groups is 1. The van der Waals surface area contributed by atoms with Crippen LogP contribution in [0.4, 0.5) is 0 Å². The van der Waals surface area contributed by atoms with Gasteiger partial charge in [0.05, 0.1) is 18.7 Å². The summed E-state index contributed by atoms with van der Waals surface area (Å²) in [7, 11) is 0. The topological polar surface area (TPSA) is 73.6 Å². The van der Waals surface area contributed by atoms with Crippen molar-refractivity contribution < 1.29 is 14.6 Å². The summed E-state index contributed by atoms with van der Waals surface area (Å²) < 4.78 is 5.33. The molecule has 1 N–H and O–H groups in total. The van der Waals surface area contributed by atoms with Gasteiger partial charge in [-0.1, -0.05) is 37.8 Å². The first-order chi connectivity index (χ1) is 13.1. The summed E-state index contributed by atoms with van der Waals surface area (Å²) in [4.78, 5) is 14.5. The normalized spacial score (nSPS) is 25.3. The van der Waals surface area contributed by atoms with Crippen molar-refractivity contribution >= 4 is 5.91 Å². The zero-order chi connectivity index (χ0) is 19.4. The van der Waals surface area contributed by atoms with Crippen LogP contribution in [0, 0.1) is 35.0 Å². The maximum absolute atomic E-state index is 12.9. The molecule has 0 aliphatic carbocycles. The number of aliphatic hydroxyl groups excluding tert-OH is 1. The van der Waals surface area contributed by atoms with E-state index in [1.54, 1.807) is 4.90 Å². The number of nitriles is 1. The summed E-state index contributed by atoms with van der Waals surface area (Å²) in [5, 5.41) is 19.6. The van der Waals surface area contributed by atoms with Crippen molar-refractivity contribution in [2.24, 2.45) is 11.8 Å². The second kappa shape index (κ2) is 8.57. The van der Waals surface area contributed by atoms with Crippen LogP contribution in [0.15, 0.2) is 24.3 Å². The van der Waals surface area contributed by atoms with Gasteiger partial charge >= 0.3 is 0 Å². The second-order valence-electron chi connectivity index (χ2n) is 7.53. The SMILES string of the molecule is CC(C)C#Cc1ccc([C@H]2[C@@H](CO)N(C(=O)C3CCOCC3)[C@H]2C#N)cc1. The number of hydrogen-bond acceptors (Lipinski definition) is 4. The molecular weight excluding hydrogens is 340 g/mol. The Morgan fingerprint density at radius 2 is 1.96 bits per heavy atom. The van der Waals surface area contributed by atoms with E-state index in [0.29, 0.717) is 32.0 Å². The van der Waals surface area contributed by atoms with Crippen molar-refractivity contribution in [1.29, 1.82) is 5.26 Å². The number of carbonyl (C=O) groups excluding carboxylic acids is 1. The standard InChI is InChI=1S/C22H26N2O3/c1-15(2)3-4-16-5-7-17(8-6-16)21-19(13-23)24(20(21)14-25)22(26)18-9-11-27-12-10-18/h5-8,15,18-21,25H,9-12,14H2,1-2H3/t19-,20+,21+/m0/s1. The Kier molecular flexibility index (Phi) is 6.16. The minimum absolute atomic E-state index is 0.0282. The zero-order valence-electron chi connectivity index (χ0n) is 15.9. The van der Waals surface area contributed by atoms with Crippen LogP contribution in [0.5, 0.6) is 0 Å². The fourth-order valence-corrected chi connectivity index (χ4v) is 3.88. The largest absolute Gasteiger partial charge is 0.394 e. The smallest absolute Gasteiger partial charge is 0.227 e. The average molecular weight is 366 g/mol. The molecule has 1 aromatic rings. The number of likely N-dealkylation sites (tertiary alicyclic amines) is 1. The minimum Gasteiger partial charge on any atom is -0.394 e. The first-order valence-corrected chi connectivity index (χ1v) is 9.58. The quantitative estimate of drug-likeness (QED) is 0.833. The van der Waals surface area contributed by atoms with Gasteiger partial charge in [0.2, 0.25) is 5.91 Å². The molecule has 142 valence electrons. The summed E-state index contributed by atoms with van der Waals surface area (Å²) in [6, 6.07) is 9.18. The highest BCUT2D eigenvalue weighted by molar-refractivity contribution is 5.81. The fourth-order valence-electron chi connectivity index (χ4n) is 3.88. The lowest BCUT2D eigenvalue weighted by Gasteiger charge is -2.52. The molecule has 3 atom stereocenters. The van der Waals surface area contributed by atoms with Gasteiger partial charge < -0.3 is 14.7 Å². The van der Waals surface area contributed by atoms with E-state index in [1.807, 2.05) is 38.1 Å². The van der Waals surface area contributed by atoms with E-state index in [1.165, 1.54) is 0 Å². The molecule has 0 bridgehead atoms. The van der Waals surface area contributed by atoms with Crippen molar-refractivity contribution in [3.63, 3.8) is 0 Å². The molecule has 2 aliphatic rings. The van der Waals surface area contributed by atoms with Gasteiger partial charge in [0, 0.05) is 36.5 Å². The maximum Gasteiger partial charge on any atom is 0.227 e. The molecular formula is C22H26N2O3. The predicted octanol–water partition coefficient (Wildman–Crippen LogP) is 2.30. The summed E-state index contributed by atoms with van der Waals surface area (Å²) in [6.45, 7) is 5.10. The number of rotatable bonds is 3. The number of amides is 1. The van der Waals surface area contributed by atoms with E-state index in [0.717, 1.165) is 11.1 Å². The Hall–Kier alpha value is -2.34. The Labute approximate surface area is 160 Å². The molecule has 27 heavy (non-hydrogen) atoms. The Morgan fingerprint density at radius 3 is 2.52 bits per heavy atom. The van der Waals surface area contributed by atoms with Gasteiger partial charge in [-0.2, -0.15) is 5.26 Å². The van der Waals surface area contributed by atoms with Crippen LogP contribution >= 0.6 is 0 Å². The molecule has 1 aromatic carbocycles. The van der Waals surface area contributed by atoms with E-state index in [2.05, 4.69) is 17.9 Å². The fraction of sp³-hybridized carbons (Fsp3) is 0.545. The van der Waals surface area contributed by atoms with E-state index in [-0.39, 0.29) is 30.4 Å². The van der Waals surface area contributed by atoms with Crippen LogP contribution in [-0.2, 0) is 9.53 Å². The Bertz CT molecular complexity index is 763. The Balaban J connectivity index is 1.77. The van der Waals surface area contributed by atoms with Gasteiger partial charge in [0.25, 0.3) is 0 Å². The lowest BCUT2D eigenvalue weighted by Crippen LogP contribution is -2.66. The van der Waals surface area contributed by atoms with Gasteiger partial charge in [-0.05, 0) is 30.5 Å². The van der Waals surface area contributed by atoms with E-state index < -0.39 is 6.04 Å². The molecule has 2 heterocycles. The summed E-state index contributed by atoms with van der Waals surface area (Å²) >= 11 is 0. The highest BCUT2D eigenvalue weighted by Gasteiger charge is 2.52. The van der Waals surface area contributed by atoms with Crippen LogP contribution < -0.4 is 0 Å². The molecule has 2 aliphatic heterocycles. The van der Waals surface area contributed by atoms with Crippen molar-refractivity contribution in [1.82, 2.24) is 4.90 Å². The average Bonchev–Trinajstić information content (AvgIpc) is 2.67. The van der Waals surface area contributed by atoms with E-state index >= 15 is 0 Å². The molecule has 5 nitrogen and oxygen atoms in total. The van der Waals surface area contributed by atoms with Gasteiger partial charge in [0.1, 0.15) is 6.04 Å². The number of ether oxygens (including phenoxy) is 1. The van der Waals surface area contributed by atoms with Gasteiger partial charge in [-0.15, -0.1) is 0 Å². The molecule has 0 aromatic heterocycles. The van der Waals surface area contributed by atoms with E-state index in [4.69, 9.17) is 4.74 Å². The lowest BCUT2D eigenvalue weighted by molar-refractivity contribution is -0.154. The third kappa shape index (κ3) is 4.00. The molecule has 0 unspecified atom stereocenters. The third-order valence-corrected chi connectivity index (χ3v) is 5.36. The first kappa shape index (κ1) is 19.4. The summed E-state index contributed by atoms with van der Waals surface area (Å²) in [5.74, 6) is 6.25. The maximum atomic E-state index is 12.9. The van der Waals surface area contributed by atoms with Crippen molar-refractivity contribution in [2.75, 3.05) is 19.8 Å². The number of benzene rings is 1. The summed E-state index contributed by atoms with van der Waals surface area (Å²) in [6.07, 6.45) is 1.36. The highest BCUT2D eigenvalue weighted by atomic mass is 16.5. The molecule has 0 spiro atoms. The second-order valence-corrected chi connectivity index (χ2v) is 7.53. The van der Waals surface area contributed by atoms with Gasteiger partial charge in [0.15, 0.2) is 0 Å². The van der Waals surface area contributed by atoms with Crippen molar-refractivity contribution in [3.8, 4) is 17.9 Å². The Morgan fingerprint density at radius 1 is 1.30 bits per heavy atom. The van der Waals surface area contributed by atoms with Crippen LogP contribution in [0.3, 0.4) is 0 Å². The molecule has 5 heteroatoms. The molecule has 2 fully saturated rings. The predicted molar refractivity (Wildman–Crippen MR) is 102 cm³/mol. The monoisotopic (exact) mass is 366 g/mol. The number of hydrogen-bond donors (Lipinski definition) is 1. The molecule has 0 radical (unpaired) electrons. The first-order valence-electron chi connectivity index (χ1n) is 9.58. The van der Waals surface area contributed by atoms with E-state index in [9.17, 15) is 15.2 Å².